The summed E-state index contributed by atoms with van der Waals surface area (Å²) in [5, 5.41) is 12.3. The van der Waals surface area contributed by atoms with Gasteiger partial charge in [0.1, 0.15) is 11.9 Å². The van der Waals surface area contributed by atoms with E-state index in [1.807, 2.05) is 24.3 Å². The Labute approximate surface area is 151 Å². The van der Waals surface area contributed by atoms with E-state index in [2.05, 4.69) is 26.9 Å². The number of aryl methyl sites for hydroxylation is 1. The lowest BCUT2D eigenvalue weighted by atomic mass is 9.85. The molecule has 1 saturated carbocycles. The molecule has 2 heterocycles. The number of benzene rings is 1. The van der Waals surface area contributed by atoms with Crippen LogP contribution in [-0.4, -0.2) is 25.6 Å². The fraction of sp³-hybridized carbons (Fsp3) is 0.368. The highest BCUT2D eigenvalue weighted by molar-refractivity contribution is 5.79. The maximum atomic E-state index is 8.85. The Morgan fingerprint density at radius 3 is 2.85 bits per heavy atom. The number of fused-ring (bicyclic) bond motifs is 1. The number of nitrogens with one attached hydrogen (secondary N) is 1. The largest absolute Gasteiger partial charge is 0.399 e. The molecule has 0 bridgehead atoms. The Hall–Kier alpha value is -3.14. The van der Waals surface area contributed by atoms with Crippen LogP contribution in [0, 0.1) is 11.3 Å². The second kappa shape index (κ2) is 6.64. The van der Waals surface area contributed by atoms with E-state index >= 15 is 0 Å². The molecule has 132 valence electrons. The number of aromatic nitrogens is 4. The Morgan fingerprint density at radius 2 is 2.08 bits per heavy atom. The molecule has 0 unspecified atom stereocenters. The number of nitriles is 1. The molecule has 7 nitrogen and oxygen atoms in total. The summed E-state index contributed by atoms with van der Waals surface area (Å²) >= 11 is 0. The third-order valence-corrected chi connectivity index (χ3v) is 5.09. The zero-order valence-electron chi connectivity index (χ0n) is 14.7. The monoisotopic (exact) mass is 347 g/mol. The van der Waals surface area contributed by atoms with E-state index in [-0.39, 0.29) is 0 Å². The minimum absolute atomic E-state index is 0.298. The predicted molar refractivity (Wildman–Crippen MR) is 100 cm³/mol. The third-order valence-electron chi connectivity index (χ3n) is 5.09. The average Bonchev–Trinajstić information content (AvgIpc) is 2.98. The van der Waals surface area contributed by atoms with Crippen LogP contribution in [0.5, 0.6) is 0 Å². The average molecular weight is 347 g/mol. The second-order valence-electron chi connectivity index (χ2n) is 6.89. The van der Waals surface area contributed by atoms with Crippen molar-refractivity contribution in [3.05, 3.63) is 42.0 Å². The Bertz CT molecular complexity index is 968. The van der Waals surface area contributed by atoms with Crippen molar-refractivity contribution in [1.82, 2.24) is 19.5 Å². The normalized spacial score (nSPS) is 20.0. The first-order chi connectivity index (χ1) is 12.6. The van der Waals surface area contributed by atoms with Gasteiger partial charge in [-0.05, 0) is 37.5 Å². The predicted octanol–water partition coefficient (Wildman–Crippen LogP) is 2.96. The number of anilines is 2. The SMILES string of the molecule is Cn1c([C@H]2CCC[C@@H](Nc3ncc(C#N)cn3)C2)nc2cc(N)ccc21. The van der Waals surface area contributed by atoms with Crippen LogP contribution >= 0.6 is 0 Å². The molecule has 0 radical (unpaired) electrons. The molecule has 7 heteroatoms. The fourth-order valence-electron chi connectivity index (χ4n) is 3.80. The minimum Gasteiger partial charge on any atom is -0.399 e. The van der Waals surface area contributed by atoms with Gasteiger partial charge in [0.25, 0.3) is 0 Å². The van der Waals surface area contributed by atoms with Crippen LogP contribution < -0.4 is 11.1 Å². The van der Waals surface area contributed by atoms with E-state index in [1.165, 1.54) is 0 Å². The molecule has 0 saturated heterocycles. The van der Waals surface area contributed by atoms with Gasteiger partial charge in [0, 0.05) is 24.7 Å². The summed E-state index contributed by atoms with van der Waals surface area (Å²) in [7, 11) is 2.07. The van der Waals surface area contributed by atoms with Gasteiger partial charge in [-0.25, -0.2) is 15.0 Å². The van der Waals surface area contributed by atoms with Crippen LogP contribution in [0.1, 0.15) is 43.0 Å². The number of hydrogen-bond donors (Lipinski definition) is 2. The van der Waals surface area contributed by atoms with Gasteiger partial charge in [0.05, 0.1) is 29.0 Å². The highest BCUT2D eigenvalue weighted by Crippen LogP contribution is 2.34. The summed E-state index contributed by atoms with van der Waals surface area (Å²) in [5.41, 5.74) is 9.17. The van der Waals surface area contributed by atoms with Crippen molar-refractivity contribution in [2.45, 2.75) is 37.6 Å². The number of nitrogens with zero attached hydrogens (tertiary/aromatic N) is 5. The van der Waals surface area contributed by atoms with E-state index in [9.17, 15) is 0 Å². The van der Waals surface area contributed by atoms with Gasteiger partial charge >= 0.3 is 0 Å². The zero-order chi connectivity index (χ0) is 18.1. The molecule has 3 N–H and O–H groups in total. The van der Waals surface area contributed by atoms with E-state index < -0.39 is 0 Å². The van der Waals surface area contributed by atoms with Crippen LogP contribution in [0.3, 0.4) is 0 Å². The van der Waals surface area contributed by atoms with Crippen LogP contribution in [0.15, 0.2) is 30.6 Å². The molecular formula is C19H21N7. The smallest absolute Gasteiger partial charge is 0.222 e. The van der Waals surface area contributed by atoms with E-state index in [0.29, 0.717) is 23.5 Å². The summed E-state index contributed by atoms with van der Waals surface area (Å²) in [6.07, 6.45) is 7.41. The Kier molecular flexibility index (Phi) is 4.17. The van der Waals surface area contributed by atoms with Gasteiger partial charge in [-0.1, -0.05) is 6.42 Å². The van der Waals surface area contributed by atoms with Crippen molar-refractivity contribution in [3.8, 4) is 6.07 Å². The summed E-state index contributed by atoms with van der Waals surface area (Å²) in [6.45, 7) is 0. The molecule has 0 amide bonds. The number of rotatable bonds is 3. The highest BCUT2D eigenvalue weighted by atomic mass is 15.1. The van der Waals surface area contributed by atoms with Crippen LogP contribution in [0.25, 0.3) is 11.0 Å². The zero-order valence-corrected chi connectivity index (χ0v) is 14.7. The van der Waals surface area contributed by atoms with Crippen LogP contribution in [-0.2, 0) is 7.05 Å². The minimum atomic E-state index is 0.298. The van der Waals surface area contributed by atoms with Gasteiger partial charge in [-0.3, -0.25) is 0 Å². The van der Waals surface area contributed by atoms with Gasteiger partial charge in [-0.15, -0.1) is 0 Å². The first-order valence-corrected chi connectivity index (χ1v) is 8.84. The van der Waals surface area contributed by atoms with Gasteiger partial charge in [-0.2, -0.15) is 5.26 Å². The summed E-state index contributed by atoms with van der Waals surface area (Å²) in [5.74, 6) is 2.07. The first-order valence-electron chi connectivity index (χ1n) is 8.84. The Balaban J connectivity index is 1.53. The number of nitrogen functional groups attached to an aromatic ring is 1. The van der Waals surface area contributed by atoms with Crippen molar-refractivity contribution >= 4 is 22.7 Å². The van der Waals surface area contributed by atoms with Gasteiger partial charge in [0.15, 0.2) is 0 Å². The summed E-state index contributed by atoms with van der Waals surface area (Å²) < 4.78 is 2.18. The van der Waals surface area contributed by atoms with Crippen molar-refractivity contribution in [2.24, 2.45) is 7.05 Å². The maximum Gasteiger partial charge on any atom is 0.222 e. The van der Waals surface area contributed by atoms with E-state index in [0.717, 1.165) is 48.2 Å². The standard InChI is InChI=1S/C19H21N7/c1-26-17-6-5-14(21)8-16(17)25-18(26)13-3-2-4-15(7-13)24-19-22-10-12(9-20)11-23-19/h5-6,8,10-11,13,15H,2-4,7,21H2,1H3,(H,22,23,24)/t13-,15+/m0/s1. The molecule has 4 rings (SSSR count). The van der Waals surface area contributed by atoms with Gasteiger partial charge in [0.2, 0.25) is 5.95 Å². The lowest BCUT2D eigenvalue weighted by molar-refractivity contribution is 0.392. The van der Waals surface area contributed by atoms with Gasteiger partial charge < -0.3 is 15.6 Å². The molecule has 0 aliphatic heterocycles. The molecule has 1 aliphatic rings. The third kappa shape index (κ3) is 3.06. The molecule has 26 heavy (non-hydrogen) atoms. The van der Waals surface area contributed by atoms with Crippen molar-refractivity contribution < 1.29 is 0 Å². The van der Waals surface area contributed by atoms with Crippen molar-refractivity contribution in [3.63, 3.8) is 0 Å². The topological polar surface area (TPSA) is 105 Å². The molecule has 2 atom stereocenters. The van der Waals surface area contributed by atoms with Crippen LogP contribution in [0.2, 0.25) is 0 Å². The van der Waals surface area contributed by atoms with E-state index in [4.69, 9.17) is 16.0 Å². The lowest BCUT2D eigenvalue weighted by Gasteiger charge is -2.29. The molecule has 1 aliphatic carbocycles. The maximum absolute atomic E-state index is 8.85. The highest BCUT2D eigenvalue weighted by Gasteiger charge is 2.27. The fourth-order valence-corrected chi connectivity index (χ4v) is 3.80. The molecular weight excluding hydrogens is 326 g/mol. The molecule has 3 aromatic rings. The summed E-state index contributed by atoms with van der Waals surface area (Å²) in [4.78, 5) is 13.3. The molecule has 1 aromatic carbocycles. The van der Waals surface area contributed by atoms with Crippen molar-refractivity contribution in [2.75, 3.05) is 11.1 Å². The van der Waals surface area contributed by atoms with E-state index in [1.54, 1.807) is 12.4 Å². The second-order valence-corrected chi connectivity index (χ2v) is 6.89. The number of nitrogens with two attached hydrogens (primary N) is 1. The van der Waals surface area contributed by atoms with Crippen molar-refractivity contribution in [1.29, 1.82) is 5.26 Å². The van der Waals surface area contributed by atoms with Crippen LogP contribution in [0.4, 0.5) is 11.6 Å². The molecule has 2 aromatic heterocycles. The summed E-state index contributed by atoms with van der Waals surface area (Å²) in [6, 6.07) is 8.22. The quantitative estimate of drug-likeness (QED) is 0.706. The molecule has 1 fully saturated rings. The lowest BCUT2D eigenvalue weighted by Crippen LogP contribution is -2.28. The Morgan fingerprint density at radius 1 is 1.27 bits per heavy atom. The number of imidazole rings is 1. The first kappa shape index (κ1) is 16.3. The molecule has 0 spiro atoms. The number of hydrogen-bond acceptors (Lipinski definition) is 6.